The Morgan fingerprint density at radius 1 is 1.70 bits per heavy atom. The Hall–Kier alpha value is 0.0500. The van der Waals surface area contributed by atoms with E-state index in [9.17, 15) is 4.79 Å². The van der Waals surface area contributed by atoms with E-state index in [-0.39, 0.29) is 11.9 Å². The van der Waals surface area contributed by atoms with Gasteiger partial charge in [0.15, 0.2) is 0 Å². The standard InChI is InChI=1S/C6H9Cl2NO/c1-2-3-6(7,8)4-5(10)9-4/h4H,2-3H2,1H3,(H,9,10). The minimum Gasteiger partial charge on any atom is -0.340 e. The molecule has 0 aromatic heterocycles. The molecule has 0 radical (unpaired) electrons. The molecule has 0 aromatic carbocycles. The monoisotopic (exact) mass is 181 g/mol. The lowest BCUT2D eigenvalue weighted by Gasteiger charge is -2.13. The SMILES string of the molecule is CCCC(Cl)(Cl)C1NC1=O. The maximum absolute atomic E-state index is 10.5. The van der Waals surface area contributed by atoms with Crippen LogP contribution >= 0.6 is 23.2 Å². The average molecular weight is 182 g/mol. The van der Waals surface area contributed by atoms with E-state index in [0.29, 0.717) is 6.42 Å². The second-order valence-electron chi connectivity index (χ2n) is 2.45. The molecule has 0 aromatic rings. The summed E-state index contributed by atoms with van der Waals surface area (Å²) in [7, 11) is 0. The van der Waals surface area contributed by atoms with Gasteiger partial charge in [0.2, 0.25) is 5.91 Å². The number of hydrogen-bond donors (Lipinski definition) is 1. The van der Waals surface area contributed by atoms with Crippen molar-refractivity contribution >= 4 is 29.1 Å². The third-order valence-electron chi connectivity index (χ3n) is 1.47. The molecule has 1 N–H and O–H groups in total. The zero-order valence-corrected chi connectivity index (χ0v) is 7.17. The van der Waals surface area contributed by atoms with Crippen LogP contribution in [0.4, 0.5) is 0 Å². The minimum absolute atomic E-state index is 0.0431. The Labute approximate surface area is 69.9 Å². The van der Waals surface area contributed by atoms with Gasteiger partial charge in [-0.15, -0.1) is 0 Å². The van der Waals surface area contributed by atoms with Crippen molar-refractivity contribution < 1.29 is 4.79 Å². The van der Waals surface area contributed by atoms with Gasteiger partial charge in [-0.3, -0.25) is 4.79 Å². The third-order valence-corrected chi connectivity index (χ3v) is 2.29. The van der Waals surface area contributed by atoms with Crippen molar-refractivity contribution in [1.29, 1.82) is 0 Å². The lowest BCUT2D eigenvalue weighted by atomic mass is 10.2. The van der Waals surface area contributed by atoms with Crippen LogP contribution in [0.1, 0.15) is 19.8 Å². The van der Waals surface area contributed by atoms with E-state index in [4.69, 9.17) is 23.2 Å². The highest BCUT2D eigenvalue weighted by atomic mass is 35.5. The predicted molar refractivity (Wildman–Crippen MR) is 41.3 cm³/mol. The lowest BCUT2D eigenvalue weighted by molar-refractivity contribution is -0.111. The molecule has 1 aliphatic heterocycles. The quantitative estimate of drug-likeness (QED) is 0.520. The van der Waals surface area contributed by atoms with Gasteiger partial charge in [-0.25, -0.2) is 0 Å². The first kappa shape index (κ1) is 8.15. The number of amides is 1. The van der Waals surface area contributed by atoms with Crippen molar-refractivity contribution in [3.8, 4) is 0 Å². The van der Waals surface area contributed by atoms with Gasteiger partial charge in [-0.05, 0) is 6.42 Å². The Morgan fingerprint density at radius 3 is 2.50 bits per heavy atom. The molecule has 0 spiro atoms. The normalized spacial score (nSPS) is 24.3. The lowest BCUT2D eigenvalue weighted by Crippen LogP contribution is -2.23. The highest BCUT2D eigenvalue weighted by molar-refractivity contribution is 6.51. The molecule has 1 heterocycles. The number of carbonyl (C=O) groups excluding carboxylic acids is 1. The molecule has 1 aliphatic rings. The number of alkyl halides is 2. The van der Waals surface area contributed by atoms with Gasteiger partial charge in [0.25, 0.3) is 0 Å². The van der Waals surface area contributed by atoms with Gasteiger partial charge < -0.3 is 5.32 Å². The summed E-state index contributed by atoms with van der Waals surface area (Å²) in [4.78, 5) is 10.5. The number of hydrogen-bond acceptors (Lipinski definition) is 1. The van der Waals surface area contributed by atoms with Crippen LogP contribution in [0.25, 0.3) is 0 Å². The van der Waals surface area contributed by atoms with Crippen molar-refractivity contribution in [2.24, 2.45) is 0 Å². The molecule has 4 heteroatoms. The highest BCUT2D eigenvalue weighted by Gasteiger charge is 2.49. The minimum atomic E-state index is -0.883. The van der Waals surface area contributed by atoms with Crippen molar-refractivity contribution in [3.05, 3.63) is 0 Å². The molecule has 0 aliphatic carbocycles. The summed E-state index contributed by atoms with van der Waals surface area (Å²) in [6.07, 6.45) is 1.54. The van der Waals surface area contributed by atoms with Gasteiger partial charge in [0, 0.05) is 0 Å². The molecule has 2 nitrogen and oxygen atoms in total. The second kappa shape index (κ2) is 2.59. The van der Waals surface area contributed by atoms with Crippen LogP contribution in [0.5, 0.6) is 0 Å². The van der Waals surface area contributed by atoms with E-state index in [0.717, 1.165) is 6.42 Å². The summed E-state index contributed by atoms with van der Waals surface area (Å²) in [6.45, 7) is 1.98. The Balaban J connectivity index is 2.43. The molecule has 1 unspecified atom stereocenters. The zero-order chi connectivity index (χ0) is 7.78. The Kier molecular flexibility index (Phi) is 2.11. The first-order valence-electron chi connectivity index (χ1n) is 3.26. The molecular formula is C6H9Cl2NO. The first-order valence-corrected chi connectivity index (χ1v) is 4.01. The molecule has 10 heavy (non-hydrogen) atoms. The van der Waals surface area contributed by atoms with Crippen LogP contribution in [-0.2, 0) is 4.79 Å². The molecule has 1 rings (SSSR count). The largest absolute Gasteiger partial charge is 0.340 e. The predicted octanol–water partition coefficient (Wildman–Crippen LogP) is 1.46. The molecule has 0 bridgehead atoms. The molecule has 1 atom stereocenters. The summed E-state index contributed by atoms with van der Waals surface area (Å²) in [6, 6.07) is -0.323. The maximum Gasteiger partial charge on any atom is 0.246 e. The van der Waals surface area contributed by atoms with E-state index >= 15 is 0 Å². The molecular weight excluding hydrogens is 173 g/mol. The fourth-order valence-corrected chi connectivity index (χ4v) is 1.56. The summed E-state index contributed by atoms with van der Waals surface area (Å²) < 4.78 is -0.883. The van der Waals surface area contributed by atoms with Gasteiger partial charge in [0.1, 0.15) is 10.4 Å². The van der Waals surface area contributed by atoms with Crippen LogP contribution in [-0.4, -0.2) is 16.3 Å². The number of nitrogens with one attached hydrogen (secondary N) is 1. The second-order valence-corrected chi connectivity index (χ2v) is 4.00. The van der Waals surface area contributed by atoms with Gasteiger partial charge in [-0.2, -0.15) is 0 Å². The molecule has 58 valence electrons. The summed E-state index contributed by atoms with van der Waals surface area (Å²) in [5.74, 6) is -0.0431. The van der Waals surface area contributed by atoms with Crippen molar-refractivity contribution in [1.82, 2.24) is 5.32 Å². The summed E-state index contributed by atoms with van der Waals surface area (Å²) >= 11 is 11.6. The zero-order valence-electron chi connectivity index (χ0n) is 5.66. The smallest absolute Gasteiger partial charge is 0.246 e. The van der Waals surface area contributed by atoms with Crippen LogP contribution in [0.3, 0.4) is 0 Å². The Morgan fingerprint density at radius 2 is 2.20 bits per heavy atom. The van der Waals surface area contributed by atoms with E-state index in [1.807, 2.05) is 6.92 Å². The van der Waals surface area contributed by atoms with Crippen molar-refractivity contribution in [3.63, 3.8) is 0 Å². The van der Waals surface area contributed by atoms with Crippen LogP contribution in [0.15, 0.2) is 0 Å². The summed E-state index contributed by atoms with van der Waals surface area (Å²) in [5, 5.41) is 2.55. The van der Waals surface area contributed by atoms with E-state index in [1.54, 1.807) is 0 Å². The Bertz CT molecular complexity index is 158. The fourth-order valence-electron chi connectivity index (χ4n) is 0.876. The molecule has 0 saturated carbocycles. The van der Waals surface area contributed by atoms with Crippen molar-refractivity contribution in [2.45, 2.75) is 30.1 Å². The van der Waals surface area contributed by atoms with Gasteiger partial charge >= 0.3 is 0 Å². The van der Waals surface area contributed by atoms with Crippen LogP contribution < -0.4 is 5.32 Å². The van der Waals surface area contributed by atoms with E-state index < -0.39 is 4.33 Å². The van der Waals surface area contributed by atoms with Gasteiger partial charge in [-0.1, -0.05) is 36.5 Å². The van der Waals surface area contributed by atoms with Crippen LogP contribution in [0, 0.1) is 0 Å². The average Bonchev–Trinajstić information content (AvgIpc) is 2.46. The first-order chi connectivity index (χ1) is 4.58. The fraction of sp³-hybridized carbons (Fsp3) is 0.833. The topological polar surface area (TPSA) is 39.0 Å². The number of carbonyl (C=O) groups is 1. The van der Waals surface area contributed by atoms with Gasteiger partial charge in [0.05, 0.1) is 0 Å². The number of rotatable bonds is 3. The number of halogens is 2. The summed E-state index contributed by atoms with van der Waals surface area (Å²) in [5.41, 5.74) is 0. The molecule has 1 amide bonds. The maximum atomic E-state index is 10.5. The van der Waals surface area contributed by atoms with E-state index in [1.165, 1.54) is 0 Å². The third kappa shape index (κ3) is 1.55. The van der Waals surface area contributed by atoms with Crippen molar-refractivity contribution in [2.75, 3.05) is 0 Å². The van der Waals surface area contributed by atoms with E-state index in [2.05, 4.69) is 5.32 Å². The molecule has 1 saturated heterocycles. The highest BCUT2D eigenvalue weighted by Crippen LogP contribution is 2.35. The molecule has 1 fully saturated rings. The van der Waals surface area contributed by atoms with Crippen LogP contribution in [0.2, 0.25) is 0 Å².